The van der Waals surface area contributed by atoms with Crippen molar-refractivity contribution >= 4 is 11.8 Å². The molecule has 8 nitrogen and oxygen atoms in total. The summed E-state index contributed by atoms with van der Waals surface area (Å²) in [5, 5.41) is 47.6. The van der Waals surface area contributed by atoms with Crippen LogP contribution in [0.3, 0.4) is 0 Å². The van der Waals surface area contributed by atoms with E-state index in [2.05, 4.69) is 10.6 Å². The van der Waals surface area contributed by atoms with E-state index in [1.54, 1.807) is 48.5 Å². The monoisotopic (exact) mass is 442 g/mol. The van der Waals surface area contributed by atoms with Gasteiger partial charge in [-0.05, 0) is 24.0 Å². The van der Waals surface area contributed by atoms with Crippen molar-refractivity contribution in [1.82, 2.24) is 10.6 Å². The molecule has 0 bridgehead atoms. The van der Waals surface area contributed by atoms with Crippen molar-refractivity contribution in [2.24, 2.45) is 0 Å². The predicted molar refractivity (Wildman–Crippen MR) is 117 cm³/mol. The van der Waals surface area contributed by atoms with Gasteiger partial charge >= 0.3 is 0 Å². The van der Waals surface area contributed by atoms with Gasteiger partial charge in [-0.1, -0.05) is 60.7 Å². The molecule has 1 saturated carbocycles. The first kappa shape index (κ1) is 23.9. The summed E-state index contributed by atoms with van der Waals surface area (Å²) < 4.78 is 0. The van der Waals surface area contributed by atoms with Gasteiger partial charge in [0.25, 0.3) is 0 Å². The lowest BCUT2D eigenvalue weighted by Crippen LogP contribution is -2.64. The van der Waals surface area contributed by atoms with E-state index < -0.39 is 48.3 Å². The first-order valence-corrected chi connectivity index (χ1v) is 10.7. The number of benzene rings is 2. The second-order valence-electron chi connectivity index (χ2n) is 8.20. The Labute approximate surface area is 186 Å². The lowest BCUT2D eigenvalue weighted by atomic mass is 9.85. The van der Waals surface area contributed by atoms with Crippen molar-refractivity contribution in [3.05, 3.63) is 71.8 Å². The Morgan fingerprint density at radius 3 is 1.34 bits per heavy atom. The first-order valence-electron chi connectivity index (χ1n) is 10.7. The highest BCUT2D eigenvalue weighted by Crippen LogP contribution is 2.21. The van der Waals surface area contributed by atoms with Gasteiger partial charge in [-0.2, -0.15) is 0 Å². The number of rotatable bonds is 6. The Hall–Kier alpha value is -2.78. The van der Waals surface area contributed by atoms with Gasteiger partial charge < -0.3 is 31.1 Å². The Morgan fingerprint density at radius 1 is 0.656 bits per heavy atom. The standard InChI is InChI=1S/C24H30N2O6/c27-17-11-12-18(28)22(26-20(30)14-16-9-5-2-6-10-16)24(32)23(31)21(17)25-19(29)13-15-7-3-1-4-8-15/h1-10,17-18,21-24,27-28,31-32H,11-14H2,(H,25,29)(H,26,30)/t17-,18+,21+,22-,23+,24-. The van der Waals surface area contributed by atoms with Crippen LogP contribution in [0.2, 0.25) is 0 Å². The molecular formula is C24H30N2O6. The van der Waals surface area contributed by atoms with Crippen LogP contribution in [0.15, 0.2) is 60.7 Å². The van der Waals surface area contributed by atoms with Crippen LogP contribution in [-0.2, 0) is 22.4 Å². The van der Waals surface area contributed by atoms with Crippen LogP contribution in [0.25, 0.3) is 0 Å². The number of aliphatic hydroxyl groups excluding tert-OH is 4. The third-order valence-corrected chi connectivity index (χ3v) is 5.74. The Kier molecular flexibility index (Phi) is 8.35. The summed E-state index contributed by atoms with van der Waals surface area (Å²) in [5.41, 5.74) is 1.53. The van der Waals surface area contributed by atoms with E-state index in [1.807, 2.05) is 12.1 Å². The number of nitrogens with one attached hydrogen (secondary N) is 2. The summed E-state index contributed by atoms with van der Waals surface area (Å²) in [4.78, 5) is 24.9. The maximum Gasteiger partial charge on any atom is 0.224 e. The van der Waals surface area contributed by atoms with Crippen LogP contribution in [0.4, 0.5) is 0 Å². The van der Waals surface area contributed by atoms with E-state index in [4.69, 9.17) is 0 Å². The van der Waals surface area contributed by atoms with E-state index in [0.29, 0.717) is 0 Å². The fourth-order valence-electron chi connectivity index (χ4n) is 3.98. The van der Waals surface area contributed by atoms with Crippen LogP contribution in [-0.4, -0.2) is 68.7 Å². The molecule has 0 aliphatic heterocycles. The topological polar surface area (TPSA) is 139 Å². The number of carbonyl (C=O) groups is 2. The molecule has 8 heteroatoms. The molecule has 3 rings (SSSR count). The van der Waals surface area contributed by atoms with E-state index >= 15 is 0 Å². The molecule has 1 aliphatic rings. The molecule has 0 saturated heterocycles. The average Bonchev–Trinajstić information content (AvgIpc) is 2.79. The predicted octanol–water partition coefficient (Wildman–Crippen LogP) is -0.321. The van der Waals surface area contributed by atoms with Gasteiger partial charge in [0, 0.05) is 0 Å². The molecule has 6 atom stereocenters. The number of carbonyl (C=O) groups excluding carboxylic acids is 2. The second-order valence-corrected chi connectivity index (χ2v) is 8.20. The molecule has 172 valence electrons. The molecule has 0 aromatic heterocycles. The van der Waals surface area contributed by atoms with E-state index in [9.17, 15) is 30.0 Å². The molecule has 0 spiro atoms. The van der Waals surface area contributed by atoms with E-state index in [1.165, 1.54) is 0 Å². The van der Waals surface area contributed by atoms with Crippen molar-refractivity contribution in [2.75, 3.05) is 0 Å². The molecule has 0 heterocycles. The van der Waals surface area contributed by atoms with Crippen LogP contribution in [0, 0.1) is 0 Å². The first-order chi connectivity index (χ1) is 15.3. The number of amides is 2. The highest BCUT2D eigenvalue weighted by atomic mass is 16.3. The van der Waals surface area contributed by atoms with Gasteiger partial charge in [0.05, 0.1) is 37.1 Å². The van der Waals surface area contributed by atoms with Crippen molar-refractivity contribution < 1.29 is 30.0 Å². The average molecular weight is 443 g/mol. The molecule has 0 unspecified atom stereocenters. The molecule has 32 heavy (non-hydrogen) atoms. The van der Waals surface area contributed by atoms with Crippen molar-refractivity contribution in [3.8, 4) is 0 Å². The summed E-state index contributed by atoms with van der Waals surface area (Å²) in [6, 6.07) is 15.7. The van der Waals surface area contributed by atoms with Crippen LogP contribution in [0.1, 0.15) is 24.0 Å². The zero-order valence-corrected chi connectivity index (χ0v) is 17.7. The zero-order chi connectivity index (χ0) is 23.1. The highest BCUT2D eigenvalue weighted by Gasteiger charge is 2.42. The molecule has 2 aromatic carbocycles. The summed E-state index contributed by atoms with van der Waals surface area (Å²) in [6.45, 7) is 0. The fourth-order valence-corrected chi connectivity index (χ4v) is 3.98. The quantitative estimate of drug-likeness (QED) is 0.362. The molecule has 1 fully saturated rings. The summed E-state index contributed by atoms with van der Waals surface area (Å²) >= 11 is 0. The minimum Gasteiger partial charge on any atom is -0.391 e. The Balaban J connectivity index is 1.67. The lowest BCUT2D eigenvalue weighted by molar-refractivity contribution is -0.133. The van der Waals surface area contributed by atoms with E-state index in [0.717, 1.165) is 11.1 Å². The zero-order valence-electron chi connectivity index (χ0n) is 17.7. The Bertz CT molecular complexity index is 805. The second kappa shape index (κ2) is 11.2. The minimum absolute atomic E-state index is 0.0484. The van der Waals surface area contributed by atoms with Crippen molar-refractivity contribution in [2.45, 2.75) is 62.2 Å². The lowest BCUT2D eigenvalue weighted by Gasteiger charge is -2.39. The fraction of sp³-hybridized carbons (Fsp3) is 0.417. The largest absolute Gasteiger partial charge is 0.391 e. The number of hydrogen-bond acceptors (Lipinski definition) is 6. The molecule has 0 radical (unpaired) electrons. The number of aliphatic hydroxyl groups is 4. The van der Waals surface area contributed by atoms with Crippen molar-refractivity contribution in [3.63, 3.8) is 0 Å². The SMILES string of the molecule is O=C(Cc1ccccc1)N[C@@H]1[C@H](O)[C@H](O)[C@H](NC(=O)Cc2ccccc2)[C@@H](O)CC[C@H]1O. The van der Waals surface area contributed by atoms with Gasteiger partial charge in [-0.3, -0.25) is 9.59 Å². The van der Waals surface area contributed by atoms with Gasteiger partial charge in [-0.25, -0.2) is 0 Å². The highest BCUT2D eigenvalue weighted by molar-refractivity contribution is 5.79. The molecule has 2 aromatic rings. The van der Waals surface area contributed by atoms with Crippen LogP contribution in [0.5, 0.6) is 0 Å². The molecule has 1 aliphatic carbocycles. The minimum atomic E-state index is -1.60. The molecular weight excluding hydrogens is 412 g/mol. The summed E-state index contributed by atoms with van der Waals surface area (Å²) in [7, 11) is 0. The maximum atomic E-state index is 12.5. The van der Waals surface area contributed by atoms with Gasteiger partial charge in [-0.15, -0.1) is 0 Å². The Morgan fingerprint density at radius 2 is 1.00 bits per heavy atom. The third kappa shape index (κ3) is 6.37. The third-order valence-electron chi connectivity index (χ3n) is 5.74. The van der Waals surface area contributed by atoms with Crippen molar-refractivity contribution in [1.29, 1.82) is 0 Å². The van der Waals surface area contributed by atoms with E-state index in [-0.39, 0.29) is 25.7 Å². The molecule has 6 N–H and O–H groups in total. The summed E-state index contributed by atoms with van der Waals surface area (Å²) in [5.74, 6) is -0.838. The van der Waals surface area contributed by atoms with Crippen LogP contribution < -0.4 is 10.6 Å². The normalized spacial score (nSPS) is 28.2. The van der Waals surface area contributed by atoms with Gasteiger partial charge in [0.1, 0.15) is 12.2 Å². The summed E-state index contributed by atoms with van der Waals surface area (Å²) in [6.07, 6.45) is -5.29. The molecule has 2 amide bonds. The van der Waals surface area contributed by atoms with Gasteiger partial charge in [0.2, 0.25) is 11.8 Å². The smallest absolute Gasteiger partial charge is 0.224 e. The number of hydrogen-bond donors (Lipinski definition) is 6. The maximum absolute atomic E-state index is 12.5. The van der Waals surface area contributed by atoms with Crippen LogP contribution >= 0.6 is 0 Å². The van der Waals surface area contributed by atoms with Gasteiger partial charge in [0.15, 0.2) is 0 Å².